The number of hydrogen-bond donors (Lipinski definition) is 0. The van der Waals surface area contributed by atoms with Crippen molar-refractivity contribution in [2.75, 3.05) is 0 Å². The number of esters is 1. The summed E-state index contributed by atoms with van der Waals surface area (Å²) in [6.07, 6.45) is 7.47. The van der Waals surface area contributed by atoms with Crippen molar-refractivity contribution in [3.05, 3.63) is 36.2 Å². The van der Waals surface area contributed by atoms with Crippen LogP contribution in [0, 0.1) is 17.8 Å². The van der Waals surface area contributed by atoms with E-state index in [9.17, 15) is 4.79 Å². The molecule has 1 fully saturated rings. The van der Waals surface area contributed by atoms with Gasteiger partial charge in [0.15, 0.2) is 17.6 Å². The zero-order valence-corrected chi connectivity index (χ0v) is 17.3. The summed E-state index contributed by atoms with van der Waals surface area (Å²) in [4.78, 5) is 12.9. The Morgan fingerprint density at radius 1 is 1.33 bits per heavy atom. The van der Waals surface area contributed by atoms with Crippen LogP contribution < -0.4 is 4.57 Å². The fourth-order valence-corrected chi connectivity index (χ4v) is 4.51. The van der Waals surface area contributed by atoms with Gasteiger partial charge in [0.2, 0.25) is 0 Å². The molecule has 1 aliphatic rings. The molecule has 4 nitrogen and oxygen atoms in total. The predicted octanol–water partition coefficient (Wildman–Crippen LogP) is 4.50. The molecule has 0 N–H and O–H groups in total. The predicted molar refractivity (Wildman–Crippen MR) is 109 cm³/mol. The van der Waals surface area contributed by atoms with Gasteiger partial charge in [-0.3, -0.25) is 0 Å². The summed E-state index contributed by atoms with van der Waals surface area (Å²) in [5.74, 6) is 2.51. The SMILES string of the molecule is C/C=C/c1n(CC(=O)OC2C[C@H](C)CC[C@H]2C(C)C)c2ccccc2[n+]1C. The largest absolute Gasteiger partial charge is 0.459 e. The van der Waals surface area contributed by atoms with Gasteiger partial charge in [0.25, 0.3) is 5.82 Å². The van der Waals surface area contributed by atoms with Gasteiger partial charge in [0.1, 0.15) is 6.10 Å². The molecule has 0 amide bonds. The van der Waals surface area contributed by atoms with E-state index in [0.717, 1.165) is 29.7 Å². The van der Waals surface area contributed by atoms with E-state index in [1.165, 1.54) is 6.42 Å². The van der Waals surface area contributed by atoms with Crippen LogP contribution in [0.5, 0.6) is 0 Å². The molecule has 27 heavy (non-hydrogen) atoms. The van der Waals surface area contributed by atoms with Crippen LogP contribution in [0.3, 0.4) is 0 Å². The highest BCUT2D eigenvalue weighted by molar-refractivity contribution is 5.77. The molecule has 4 heteroatoms. The first-order chi connectivity index (χ1) is 12.9. The molecule has 3 rings (SSSR count). The topological polar surface area (TPSA) is 35.1 Å². The normalized spacial score (nSPS) is 23.4. The first kappa shape index (κ1) is 19.7. The van der Waals surface area contributed by atoms with Crippen molar-refractivity contribution in [1.29, 1.82) is 0 Å². The van der Waals surface area contributed by atoms with E-state index in [0.29, 0.717) is 17.8 Å². The molecule has 0 radical (unpaired) electrons. The third-order valence-electron chi connectivity index (χ3n) is 6.00. The van der Waals surface area contributed by atoms with Gasteiger partial charge in [-0.05, 0) is 49.7 Å². The number of allylic oxidation sites excluding steroid dienone is 1. The van der Waals surface area contributed by atoms with Gasteiger partial charge in [-0.25, -0.2) is 13.9 Å². The van der Waals surface area contributed by atoms with Crippen molar-refractivity contribution >= 4 is 23.1 Å². The second kappa shape index (κ2) is 8.28. The molecule has 146 valence electrons. The van der Waals surface area contributed by atoms with Crippen LogP contribution in [0.25, 0.3) is 17.1 Å². The average Bonchev–Trinajstić information content (AvgIpc) is 2.88. The molecule has 1 unspecified atom stereocenters. The van der Waals surface area contributed by atoms with Gasteiger partial charge in [0, 0.05) is 6.08 Å². The van der Waals surface area contributed by atoms with Crippen molar-refractivity contribution in [2.45, 2.75) is 59.6 Å². The summed E-state index contributed by atoms with van der Waals surface area (Å²) in [7, 11) is 2.04. The Labute approximate surface area is 162 Å². The molecule has 0 aliphatic heterocycles. The number of ether oxygens (including phenoxy) is 1. The Morgan fingerprint density at radius 2 is 2.07 bits per heavy atom. The fourth-order valence-electron chi connectivity index (χ4n) is 4.51. The van der Waals surface area contributed by atoms with Gasteiger partial charge < -0.3 is 4.74 Å². The summed E-state index contributed by atoms with van der Waals surface area (Å²) in [5.41, 5.74) is 2.17. The van der Waals surface area contributed by atoms with Gasteiger partial charge in [-0.15, -0.1) is 0 Å². The number of carbonyl (C=O) groups is 1. The average molecular weight is 370 g/mol. The van der Waals surface area contributed by atoms with Gasteiger partial charge >= 0.3 is 5.97 Å². The third-order valence-corrected chi connectivity index (χ3v) is 6.00. The van der Waals surface area contributed by atoms with Crippen LogP contribution in [-0.2, 0) is 23.1 Å². The molecule has 3 atom stereocenters. The maximum Gasteiger partial charge on any atom is 0.348 e. The number of hydrogen-bond acceptors (Lipinski definition) is 2. The lowest BCUT2D eigenvalue weighted by Crippen LogP contribution is -2.37. The number of aromatic nitrogens is 2. The standard InChI is InChI=1S/C23H33N2O2/c1-6-9-22-24(5)19-10-7-8-11-20(19)25(22)15-23(26)27-21-14-17(4)12-13-18(21)16(2)3/h6-11,16-18,21H,12-15H2,1-5H3/q+1/b9-6+/t17-,18+,21?/m1/s1. The van der Waals surface area contributed by atoms with Crippen molar-refractivity contribution < 1.29 is 14.1 Å². The maximum atomic E-state index is 12.9. The number of rotatable bonds is 5. The minimum Gasteiger partial charge on any atom is -0.459 e. The van der Waals surface area contributed by atoms with E-state index in [1.54, 1.807) is 0 Å². The summed E-state index contributed by atoms with van der Waals surface area (Å²) >= 11 is 0. The molecule has 1 aliphatic carbocycles. The lowest BCUT2D eigenvalue weighted by atomic mass is 9.75. The Bertz CT molecular complexity index is 834. The van der Waals surface area contributed by atoms with Crippen molar-refractivity contribution in [1.82, 2.24) is 4.57 Å². The maximum absolute atomic E-state index is 12.9. The number of fused-ring (bicyclic) bond motifs is 1. The zero-order valence-electron chi connectivity index (χ0n) is 17.3. The number of para-hydroxylation sites is 2. The van der Waals surface area contributed by atoms with Crippen molar-refractivity contribution in [3.8, 4) is 0 Å². The van der Waals surface area contributed by atoms with Gasteiger partial charge in [-0.1, -0.05) is 45.4 Å². The number of nitrogens with zero attached hydrogens (tertiary/aromatic N) is 2. The van der Waals surface area contributed by atoms with Crippen LogP contribution in [0.2, 0.25) is 0 Å². The number of imidazole rings is 1. The molecule has 0 bridgehead atoms. The van der Waals surface area contributed by atoms with E-state index in [2.05, 4.69) is 42.0 Å². The monoisotopic (exact) mass is 369 g/mol. The zero-order chi connectivity index (χ0) is 19.6. The highest BCUT2D eigenvalue weighted by Gasteiger charge is 2.34. The lowest BCUT2D eigenvalue weighted by Gasteiger charge is -2.36. The van der Waals surface area contributed by atoms with Crippen LogP contribution >= 0.6 is 0 Å². The quantitative estimate of drug-likeness (QED) is 0.574. The summed E-state index contributed by atoms with van der Waals surface area (Å²) in [6, 6.07) is 8.19. The summed E-state index contributed by atoms with van der Waals surface area (Å²) in [5, 5.41) is 0. The van der Waals surface area contributed by atoms with Crippen LogP contribution in [0.15, 0.2) is 30.3 Å². The smallest absolute Gasteiger partial charge is 0.348 e. The molecule has 1 aromatic carbocycles. The number of aryl methyl sites for hydroxylation is 1. The van der Waals surface area contributed by atoms with Crippen molar-refractivity contribution in [3.63, 3.8) is 0 Å². The summed E-state index contributed by atoms with van der Waals surface area (Å²) in [6.45, 7) is 8.99. The second-order valence-corrected chi connectivity index (χ2v) is 8.35. The van der Waals surface area contributed by atoms with E-state index in [4.69, 9.17) is 4.74 Å². The Morgan fingerprint density at radius 3 is 2.78 bits per heavy atom. The molecule has 0 saturated heterocycles. The fraction of sp³-hybridized carbons (Fsp3) is 0.565. The Kier molecular flexibility index (Phi) is 6.03. The molecule has 1 aromatic heterocycles. The molecule has 1 saturated carbocycles. The van der Waals surface area contributed by atoms with E-state index in [1.807, 2.05) is 38.3 Å². The van der Waals surface area contributed by atoms with E-state index >= 15 is 0 Å². The lowest BCUT2D eigenvalue weighted by molar-refractivity contribution is -0.647. The van der Waals surface area contributed by atoms with Crippen LogP contribution in [-0.4, -0.2) is 16.6 Å². The highest BCUT2D eigenvalue weighted by atomic mass is 16.5. The number of benzene rings is 1. The van der Waals surface area contributed by atoms with Gasteiger partial charge in [0.05, 0.1) is 7.05 Å². The van der Waals surface area contributed by atoms with E-state index in [-0.39, 0.29) is 18.6 Å². The van der Waals surface area contributed by atoms with Crippen LogP contribution in [0.4, 0.5) is 0 Å². The molecule has 0 spiro atoms. The molecule has 1 heterocycles. The third kappa shape index (κ3) is 4.10. The summed E-state index contributed by atoms with van der Waals surface area (Å²) < 4.78 is 10.2. The molecule has 2 aromatic rings. The highest BCUT2D eigenvalue weighted by Crippen LogP contribution is 2.35. The van der Waals surface area contributed by atoms with E-state index < -0.39 is 0 Å². The first-order valence-electron chi connectivity index (χ1n) is 10.2. The second-order valence-electron chi connectivity index (χ2n) is 8.35. The molecular formula is C23H33N2O2+. The minimum absolute atomic E-state index is 0.0435. The molecular weight excluding hydrogens is 336 g/mol. The number of carbonyl (C=O) groups excluding carboxylic acids is 1. The van der Waals surface area contributed by atoms with Gasteiger partial charge in [-0.2, -0.15) is 0 Å². The Balaban J connectivity index is 1.84. The Hall–Kier alpha value is -2.10. The first-order valence-corrected chi connectivity index (χ1v) is 10.2. The van der Waals surface area contributed by atoms with Crippen molar-refractivity contribution in [2.24, 2.45) is 24.8 Å². The minimum atomic E-state index is -0.133. The van der Waals surface area contributed by atoms with Crippen LogP contribution in [0.1, 0.15) is 52.8 Å².